The molecule has 2 aromatic rings. The number of nitrogens with one attached hydrogen (secondary N) is 2. The second kappa shape index (κ2) is 8.49. The molecule has 146 valence electrons. The van der Waals surface area contributed by atoms with Gasteiger partial charge in [-0.1, -0.05) is 17.7 Å². The van der Waals surface area contributed by atoms with Crippen LogP contribution in [-0.2, 0) is 16.1 Å². The number of ether oxygens (including phenoxy) is 3. The lowest BCUT2D eigenvalue weighted by Crippen LogP contribution is -2.37. The van der Waals surface area contributed by atoms with Crippen molar-refractivity contribution in [3.63, 3.8) is 0 Å². The van der Waals surface area contributed by atoms with E-state index in [1.165, 1.54) is 25.5 Å². The number of benzene rings is 2. The summed E-state index contributed by atoms with van der Waals surface area (Å²) in [6.07, 6.45) is 1.26. The first-order valence-electron chi connectivity index (χ1n) is 8.04. The van der Waals surface area contributed by atoms with Crippen molar-refractivity contribution in [1.82, 2.24) is 10.7 Å². The lowest BCUT2D eigenvalue weighted by atomic mass is 10.2. The fraction of sp³-hybridized carbons (Fsp3) is 0.167. The highest BCUT2D eigenvalue weighted by Crippen LogP contribution is 2.34. The average Bonchev–Trinajstić information content (AvgIpc) is 3.16. The third kappa shape index (κ3) is 4.44. The molecule has 3 N–H and O–H groups in total. The molecule has 0 radical (unpaired) electrons. The minimum atomic E-state index is -0.936. The van der Waals surface area contributed by atoms with Crippen molar-refractivity contribution in [3.05, 3.63) is 46.5 Å². The van der Waals surface area contributed by atoms with Gasteiger partial charge in [0.25, 0.3) is 0 Å². The Morgan fingerprint density at radius 1 is 1.25 bits per heavy atom. The van der Waals surface area contributed by atoms with Crippen LogP contribution in [-0.4, -0.2) is 37.0 Å². The van der Waals surface area contributed by atoms with Gasteiger partial charge in [0.15, 0.2) is 23.0 Å². The van der Waals surface area contributed by atoms with Crippen molar-refractivity contribution in [2.45, 2.75) is 6.54 Å². The second-order valence-corrected chi connectivity index (χ2v) is 6.03. The Balaban J connectivity index is 1.52. The summed E-state index contributed by atoms with van der Waals surface area (Å²) in [6, 6.07) is 8.10. The molecule has 3 rings (SSSR count). The van der Waals surface area contributed by atoms with E-state index in [4.69, 9.17) is 25.8 Å². The Hall–Kier alpha value is -3.46. The number of methoxy groups -OCH3 is 1. The maximum atomic E-state index is 11.9. The van der Waals surface area contributed by atoms with Crippen molar-refractivity contribution in [2.24, 2.45) is 5.10 Å². The molecule has 0 aromatic heterocycles. The molecule has 10 heteroatoms. The van der Waals surface area contributed by atoms with Gasteiger partial charge < -0.3 is 24.6 Å². The van der Waals surface area contributed by atoms with Gasteiger partial charge >= 0.3 is 11.8 Å². The summed E-state index contributed by atoms with van der Waals surface area (Å²) in [5.74, 6) is -0.614. The number of carbonyl (C=O) groups is 2. The first-order chi connectivity index (χ1) is 13.5. The second-order valence-electron chi connectivity index (χ2n) is 5.62. The van der Waals surface area contributed by atoms with Gasteiger partial charge in [0.05, 0.1) is 18.3 Å². The van der Waals surface area contributed by atoms with Crippen molar-refractivity contribution in [3.8, 4) is 23.0 Å². The number of phenols is 1. The topological polar surface area (TPSA) is 118 Å². The highest BCUT2D eigenvalue weighted by molar-refractivity contribution is 6.35. The molecule has 9 nitrogen and oxygen atoms in total. The zero-order chi connectivity index (χ0) is 20.1. The van der Waals surface area contributed by atoms with Crippen LogP contribution in [0.1, 0.15) is 11.1 Å². The van der Waals surface area contributed by atoms with Crippen LogP contribution < -0.4 is 25.0 Å². The minimum Gasteiger partial charge on any atom is -0.503 e. The van der Waals surface area contributed by atoms with Gasteiger partial charge in [-0.15, -0.1) is 0 Å². The summed E-state index contributed by atoms with van der Waals surface area (Å²) in [4.78, 5) is 23.7. The molecule has 0 spiro atoms. The number of amides is 2. The zero-order valence-electron chi connectivity index (χ0n) is 14.7. The number of hydrazone groups is 1. The molecule has 1 aliphatic rings. The van der Waals surface area contributed by atoms with E-state index in [-0.39, 0.29) is 29.9 Å². The van der Waals surface area contributed by atoms with Crippen molar-refractivity contribution in [1.29, 1.82) is 0 Å². The van der Waals surface area contributed by atoms with Gasteiger partial charge in [0, 0.05) is 6.54 Å². The number of nitrogens with zero attached hydrogens (tertiary/aromatic N) is 1. The van der Waals surface area contributed by atoms with Gasteiger partial charge in [0.2, 0.25) is 6.79 Å². The molecule has 0 bridgehead atoms. The van der Waals surface area contributed by atoms with Crippen LogP contribution in [0.3, 0.4) is 0 Å². The molecule has 0 aliphatic carbocycles. The molecule has 0 atom stereocenters. The molecule has 0 saturated carbocycles. The standard InChI is InChI=1S/C18H16ClN3O6/c1-26-15-6-11(4-12(19)16(15)23)8-21-22-18(25)17(24)20-7-10-2-3-13-14(5-10)28-9-27-13/h2-6,8,23H,7,9H2,1H3,(H,20,24)(H,22,25)/b21-8-. The van der Waals surface area contributed by atoms with Crippen LogP contribution in [0.25, 0.3) is 0 Å². The minimum absolute atomic E-state index is 0.0635. The summed E-state index contributed by atoms with van der Waals surface area (Å²) in [6.45, 7) is 0.293. The lowest BCUT2D eigenvalue weighted by molar-refractivity contribution is -0.139. The first-order valence-corrected chi connectivity index (χ1v) is 8.42. The first kappa shape index (κ1) is 19.3. The van der Waals surface area contributed by atoms with E-state index in [2.05, 4.69) is 15.8 Å². The van der Waals surface area contributed by atoms with E-state index in [0.717, 1.165) is 5.56 Å². The third-order valence-electron chi connectivity index (χ3n) is 3.75. The fourth-order valence-electron chi connectivity index (χ4n) is 2.35. The number of halogens is 1. The molecule has 1 aliphatic heterocycles. The zero-order valence-corrected chi connectivity index (χ0v) is 15.4. The summed E-state index contributed by atoms with van der Waals surface area (Å²) in [7, 11) is 1.37. The number of hydrogen-bond acceptors (Lipinski definition) is 7. The van der Waals surface area contributed by atoms with E-state index in [0.29, 0.717) is 17.1 Å². The summed E-state index contributed by atoms with van der Waals surface area (Å²) >= 11 is 5.86. The highest BCUT2D eigenvalue weighted by atomic mass is 35.5. The van der Waals surface area contributed by atoms with Crippen LogP contribution in [0.5, 0.6) is 23.0 Å². The molecule has 0 unspecified atom stereocenters. The van der Waals surface area contributed by atoms with Gasteiger partial charge in [-0.3, -0.25) is 9.59 Å². The van der Waals surface area contributed by atoms with E-state index >= 15 is 0 Å². The number of fused-ring (bicyclic) bond motifs is 1. The molecular formula is C18H16ClN3O6. The van der Waals surface area contributed by atoms with Crippen LogP contribution in [0, 0.1) is 0 Å². The predicted molar refractivity (Wildman–Crippen MR) is 99.8 cm³/mol. The molecule has 2 aromatic carbocycles. The Morgan fingerprint density at radius 2 is 2.04 bits per heavy atom. The van der Waals surface area contributed by atoms with Gasteiger partial charge in [-0.25, -0.2) is 5.43 Å². The number of rotatable bonds is 5. The number of hydrogen-bond donors (Lipinski definition) is 3. The largest absolute Gasteiger partial charge is 0.503 e. The van der Waals surface area contributed by atoms with Gasteiger partial charge in [-0.2, -0.15) is 5.10 Å². The molecular weight excluding hydrogens is 390 g/mol. The normalized spacial score (nSPS) is 12.1. The Bertz CT molecular complexity index is 947. The molecule has 28 heavy (non-hydrogen) atoms. The summed E-state index contributed by atoms with van der Waals surface area (Å²) in [5, 5.41) is 15.9. The van der Waals surface area contributed by atoms with Crippen LogP contribution in [0.4, 0.5) is 0 Å². The maximum absolute atomic E-state index is 11.9. The number of aromatic hydroxyl groups is 1. The maximum Gasteiger partial charge on any atom is 0.329 e. The van der Waals surface area contributed by atoms with Crippen molar-refractivity contribution in [2.75, 3.05) is 13.9 Å². The van der Waals surface area contributed by atoms with Crippen molar-refractivity contribution < 1.29 is 28.9 Å². The monoisotopic (exact) mass is 405 g/mol. The Labute approximate surface area is 164 Å². The average molecular weight is 406 g/mol. The van der Waals surface area contributed by atoms with E-state index in [9.17, 15) is 14.7 Å². The Morgan fingerprint density at radius 3 is 2.82 bits per heavy atom. The van der Waals surface area contributed by atoms with Crippen LogP contribution >= 0.6 is 11.6 Å². The van der Waals surface area contributed by atoms with E-state index < -0.39 is 11.8 Å². The quantitative estimate of drug-likeness (QED) is 0.394. The molecule has 2 amide bonds. The number of phenolic OH excluding ortho intramolecular Hbond substituents is 1. The van der Waals surface area contributed by atoms with Gasteiger partial charge in [-0.05, 0) is 35.4 Å². The van der Waals surface area contributed by atoms with Crippen LogP contribution in [0.2, 0.25) is 5.02 Å². The van der Waals surface area contributed by atoms with Crippen LogP contribution in [0.15, 0.2) is 35.4 Å². The summed E-state index contributed by atoms with van der Waals surface area (Å²) < 4.78 is 15.4. The molecule has 0 fully saturated rings. The fourth-order valence-corrected chi connectivity index (χ4v) is 2.57. The number of carbonyl (C=O) groups excluding carboxylic acids is 2. The molecule has 1 heterocycles. The predicted octanol–water partition coefficient (Wildman–Crippen LogP) is 1.55. The highest BCUT2D eigenvalue weighted by Gasteiger charge is 2.15. The third-order valence-corrected chi connectivity index (χ3v) is 4.03. The van der Waals surface area contributed by atoms with Gasteiger partial charge in [0.1, 0.15) is 0 Å². The lowest BCUT2D eigenvalue weighted by Gasteiger charge is -2.06. The SMILES string of the molecule is COc1cc(/C=N\NC(=O)C(=O)NCc2ccc3c(c2)OCO3)cc(Cl)c1O. The summed E-state index contributed by atoms with van der Waals surface area (Å²) in [5.41, 5.74) is 3.32. The van der Waals surface area contributed by atoms with E-state index in [1.54, 1.807) is 18.2 Å². The smallest absolute Gasteiger partial charge is 0.329 e. The Kier molecular flexibility index (Phi) is 5.85. The van der Waals surface area contributed by atoms with E-state index in [1.807, 2.05) is 0 Å². The van der Waals surface area contributed by atoms with Crippen molar-refractivity contribution >= 4 is 29.6 Å². The molecule has 0 saturated heterocycles.